The highest BCUT2D eigenvalue weighted by molar-refractivity contribution is 5.59. The summed E-state index contributed by atoms with van der Waals surface area (Å²) in [4.78, 5) is 0. The van der Waals surface area contributed by atoms with Crippen molar-refractivity contribution in [3.8, 4) is 23.0 Å². The van der Waals surface area contributed by atoms with Crippen LogP contribution in [0, 0.1) is 0 Å². The molecule has 2 heterocycles. The van der Waals surface area contributed by atoms with Gasteiger partial charge in [0.2, 0.25) is 11.8 Å². The highest BCUT2D eigenvalue weighted by atomic mass is 16.6. The van der Waals surface area contributed by atoms with Crippen molar-refractivity contribution in [1.82, 2.24) is 15.5 Å². The zero-order valence-corrected chi connectivity index (χ0v) is 10.7. The average molecular weight is 261 g/mol. The maximum absolute atomic E-state index is 5.60. The summed E-state index contributed by atoms with van der Waals surface area (Å²) in [6, 6.07) is 5.62. The molecule has 3 rings (SSSR count). The molecule has 19 heavy (non-hydrogen) atoms. The van der Waals surface area contributed by atoms with Gasteiger partial charge in [0.25, 0.3) is 0 Å². The number of ether oxygens (including phenoxy) is 2. The van der Waals surface area contributed by atoms with Crippen LogP contribution in [0.15, 0.2) is 22.6 Å². The van der Waals surface area contributed by atoms with Crippen LogP contribution in [0.2, 0.25) is 0 Å². The molecule has 100 valence electrons. The molecule has 1 N–H and O–H groups in total. The molecule has 0 unspecified atom stereocenters. The largest absolute Gasteiger partial charge is 0.486 e. The van der Waals surface area contributed by atoms with E-state index in [0.717, 1.165) is 23.6 Å². The van der Waals surface area contributed by atoms with Crippen molar-refractivity contribution >= 4 is 0 Å². The van der Waals surface area contributed by atoms with Gasteiger partial charge in [-0.3, -0.25) is 0 Å². The number of hydrogen-bond acceptors (Lipinski definition) is 6. The van der Waals surface area contributed by atoms with Gasteiger partial charge in [0.15, 0.2) is 11.5 Å². The first kappa shape index (κ1) is 12.0. The summed E-state index contributed by atoms with van der Waals surface area (Å²) in [7, 11) is 1.89. The monoisotopic (exact) mass is 261 g/mol. The number of aromatic nitrogens is 2. The van der Waals surface area contributed by atoms with E-state index in [-0.39, 0.29) is 0 Å². The van der Waals surface area contributed by atoms with Crippen LogP contribution < -0.4 is 14.8 Å². The van der Waals surface area contributed by atoms with Gasteiger partial charge in [-0.1, -0.05) is 0 Å². The smallest absolute Gasteiger partial charge is 0.247 e. The summed E-state index contributed by atoms with van der Waals surface area (Å²) in [5, 5.41) is 11.1. The van der Waals surface area contributed by atoms with Crippen molar-refractivity contribution < 1.29 is 13.9 Å². The van der Waals surface area contributed by atoms with E-state index in [0.29, 0.717) is 31.4 Å². The summed E-state index contributed by atoms with van der Waals surface area (Å²) < 4.78 is 16.6. The van der Waals surface area contributed by atoms with E-state index in [1.165, 1.54) is 0 Å². The minimum absolute atomic E-state index is 0.503. The summed E-state index contributed by atoms with van der Waals surface area (Å²) in [6.45, 7) is 1.96. The van der Waals surface area contributed by atoms with Gasteiger partial charge in [-0.15, -0.1) is 10.2 Å². The first-order valence-electron chi connectivity index (χ1n) is 6.24. The fraction of sp³-hybridized carbons (Fsp3) is 0.385. The van der Waals surface area contributed by atoms with Gasteiger partial charge >= 0.3 is 0 Å². The first-order valence-corrected chi connectivity index (χ1v) is 6.24. The normalized spacial score (nSPS) is 13.5. The summed E-state index contributed by atoms with van der Waals surface area (Å²) >= 11 is 0. The van der Waals surface area contributed by atoms with E-state index in [2.05, 4.69) is 15.5 Å². The van der Waals surface area contributed by atoms with Crippen LogP contribution in [0.1, 0.15) is 5.89 Å². The Hall–Kier alpha value is -2.08. The molecule has 0 atom stereocenters. The first-order chi connectivity index (χ1) is 9.36. The van der Waals surface area contributed by atoms with Crippen LogP contribution in [0.25, 0.3) is 11.5 Å². The van der Waals surface area contributed by atoms with Gasteiger partial charge < -0.3 is 19.2 Å². The second kappa shape index (κ2) is 5.27. The zero-order valence-electron chi connectivity index (χ0n) is 10.7. The second-order valence-corrected chi connectivity index (χ2v) is 4.21. The molecule has 1 aromatic carbocycles. The number of fused-ring (bicyclic) bond motifs is 1. The predicted octanol–water partition coefficient (Wildman–Crippen LogP) is 1.27. The van der Waals surface area contributed by atoms with Crippen molar-refractivity contribution in [3.63, 3.8) is 0 Å². The minimum Gasteiger partial charge on any atom is -0.486 e. The molecule has 0 saturated heterocycles. The molecule has 0 saturated carbocycles. The lowest BCUT2D eigenvalue weighted by molar-refractivity contribution is 0.171. The Balaban J connectivity index is 1.83. The Labute approximate surface area is 110 Å². The Morgan fingerprint density at radius 3 is 2.84 bits per heavy atom. The SMILES string of the molecule is CNCCc1nnc(-c2ccc3c(c2)OCCO3)o1. The van der Waals surface area contributed by atoms with E-state index < -0.39 is 0 Å². The van der Waals surface area contributed by atoms with Crippen LogP contribution in [-0.2, 0) is 6.42 Å². The molecule has 0 bridgehead atoms. The molecule has 0 radical (unpaired) electrons. The minimum atomic E-state index is 0.503. The quantitative estimate of drug-likeness (QED) is 0.893. The van der Waals surface area contributed by atoms with Gasteiger partial charge in [0, 0.05) is 18.5 Å². The van der Waals surface area contributed by atoms with E-state index in [4.69, 9.17) is 13.9 Å². The Kier molecular flexibility index (Phi) is 3.33. The highest BCUT2D eigenvalue weighted by Crippen LogP contribution is 2.33. The van der Waals surface area contributed by atoms with Crippen molar-refractivity contribution in [2.75, 3.05) is 26.8 Å². The fourth-order valence-corrected chi connectivity index (χ4v) is 1.88. The van der Waals surface area contributed by atoms with E-state index >= 15 is 0 Å². The van der Waals surface area contributed by atoms with Gasteiger partial charge in [0.05, 0.1) is 0 Å². The van der Waals surface area contributed by atoms with E-state index in [9.17, 15) is 0 Å². The molecule has 0 spiro atoms. The third-order valence-corrected chi connectivity index (χ3v) is 2.84. The van der Waals surface area contributed by atoms with Crippen LogP contribution in [0.3, 0.4) is 0 Å². The van der Waals surface area contributed by atoms with Crippen molar-refractivity contribution in [3.05, 3.63) is 24.1 Å². The third kappa shape index (κ3) is 2.53. The lowest BCUT2D eigenvalue weighted by Gasteiger charge is -2.18. The van der Waals surface area contributed by atoms with Gasteiger partial charge in [-0.05, 0) is 25.2 Å². The summed E-state index contributed by atoms with van der Waals surface area (Å²) in [5.41, 5.74) is 0.840. The molecular formula is C13H15N3O3. The Morgan fingerprint density at radius 2 is 2.00 bits per heavy atom. The lowest BCUT2D eigenvalue weighted by atomic mass is 10.2. The van der Waals surface area contributed by atoms with Crippen LogP contribution in [0.4, 0.5) is 0 Å². The molecule has 1 aromatic heterocycles. The maximum Gasteiger partial charge on any atom is 0.247 e. The Bertz CT molecular complexity index is 568. The second-order valence-electron chi connectivity index (χ2n) is 4.21. The Morgan fingerprint density at radius 1 is 1.16 bits per heavy atom. The maximum atomic E-state index is 5.60. The average Bonchev–Trinajstić information content (AvgIpc) is 2.93. The van der Waals surface area contributed by atoms with Gasteiger partial charge in [0.1, 0.15) is 13.2 Å². The summed E-state index contributed by atoms with van der Waals surface area (Å²) in [5.74, 6) is 2.60. The number of nitrogens with zero attached hydrogens (tertiary/aromatic N) is 2. The third-order valence-electron chi connectivity index (χ3n) is 2.84. The van der Waals surface area contributed by atoms with Crippen LogP contribution in [-0.4, -0.2) is 37.0 Å². The lowest BCUT2D eigenvalue weighted by Crippen LogP contribution is -2.15. The number of likely N-dealkylation sites (N-methyl/N-ethyl adjacent to an activating group) is 1. The number of benzene rings is 1. The fourth-order valence-electron chi connectivity index (χ4n) is 1.88. The molecular weight excluding hydrogens is 246 g/mol. The molecule has 2 aromatic rings. The molecule has 0 fully saturated rings. The standard InChI is InChI=1S/C13H15N3O3/c1-14-5-4-12-15-16-13(19-12)9-2-3-10-11(8-9)18-7-6-17-10/h2-3,8,14H,4-7H2,1H3. The number of nitrogens with one attached hydrogen (secondary N) is 1. The molecule has 0 amide bonds. The van der Waals surface area contributed by atoms with Gasteiger partial charge in [-0.25, -0.2) is 0 Å². The van der Waals surface area contributed by atoms with E-state index in [1.54, 1.807) is 0 Å². The topological polar surface area (TPSA) is 69.4 Å². The predicted molar refractivity (Wildman–Crippen MR) is 68.4 cm³/mol. The van der Waals surface area contributed by atoms with Crippen molar-refractivity contribution in [1.29, 1.82) is 0 Å². The van der Waals surface area contributed by atoms with Crippen LogP contribution >= 0.6 is 0 Å². The molecule has 1 aliphatic rings. The zero-order chi connectivity index (χ0) is 13.1. The van der Waals surface area contributed by atoms with E-state index in [1.807, 2.05) is 25.2 Å². The summed E-state index contributed by atoms with van der Waals surface area (Å²) in [6.07, 6.45) is 0.716. The number of hydrogen-bond donors (Lipinski definition) is 1. The van der Waals surface area contributed by atoms with Crippen molar-refractivity contribution in [2.45, 2.75) is 6.42 Å². The van der Waals surface area contributed by atoms with Crippen LogP contribution in [0.5, 0.6) is 11.5 Å². The highest BCUT2D eigenvalue weighted by Gasteiger charge is 2.15. The van der Waals surface area contributed by atoms with Gasteiger partial charge in [-0.2, -0.15) is 0 Å². The molecule has 6 nitrogen and oxygen atoms in total. The molecule has 1 aliphatic heterocycles. The molecule has 6 heteroatoms. The number of rotatable bonds is 4. The molecule has 0 aliphatic carbocycles. The van der Waals surface area contributed by atoms with Crippen molar-refractivity contribution in [2.24, 2.45) is 0 Å².